The van der Waals surface area contributed by atoms with E-state index < -0.39 is 53.8 Å². The number of rotatable bonds is 0. The minimum Gasteiger partial charge on any atom is -0.310 e. The molecule has 0 spiro atoms. The van der Waals surface area contributed by atoms with Crippen molar-refractivity contribution in [3.8, 4) is 0 Å². The molecular weight excluding hydrogens is 1200 g/mol. The van der Waals surface area contributed by atoms with Gasteiger partial charge in [-0.1, -0.05) is 157 Å². The molecule has 0 aliphatic heterocycles. The van der Waals surface area contributed by atoms with E-state index in [1.807, 2.05) is 91.0 Å². The van der Waals surface area contributed by atoms with Crippen molar-refractivity contribution in [2.24, 2.45) is 20.9 Å². The van der Waals surface area contributed by atoms with Gasteiger partial charge in [0.05, 0.1) is 51.7 Å². The van der Waals surface area contributed by atoms with Crippen LogP contribution in [0, 0.1) is 0 Å². The van der Waals surface area contributed by atoms with Crippen LogP contribution in [-0.2, 0) is 20.9 Å². The molecule has 0 unspecified atom stereocenters. The Morgan fingerprint density at radius 1 is 0.296 bits per heavy atom. The highest BCUT2D eigenvalue weighted by molar-refractivity contribution is 9.11. The summed E-state index contributed by atoms with van der Waals surface area (Å²) in [6.07, 6.45) is 3.61. The van der Waals surface area contributed by atoms with Gasteiger partial charge >= 0.3 is 0 Å². The average molecular weight is 1250 g/mol. The van der Waals surface area contributed by atoms with Crippen LogP contribution in [0.1, 0.15) is 12.3 Å². The second-order valence-corrected chi connectivity index (χ2v) is 22.0. The Balaban J connectivity index is 1.32. The third kappa shape index (κ3) is 9.48. The van der Waals surface area contributed by atoms with E-state index >= 15 is 14.4 Å². The summed E-state index contributed by atoms with van der Waals surface area (Å²) in [4.78, 5) is 59.4. The van der Waals surface area contributed by atoms with Gasteiger partial charge in [0.25, 0.3) is 16.7 Å². The molecular formula is C69H45Br3N6O3. The molecule has 32 rings (SSSR count). The van der Waals surface area contributed by atoms with Crippen molar-refractivity contribution in [3.63, 3.8) is 0 Å². The highest BCUT2D eigenvalue weighted by Crippen LogP contribution is 2.36. The Bertz CT molecular complexity index is 5190. The Morgan fingerprint density at radius 3 is 0.815 bits per heavy atom. The van der Waals surface area contributed by atoms with Gasteiger partial charge in [0, 0.05) is 79.0 Å². The Kier molecular flexibility index (Phi) is 10.9. The first-order chi connectivity index (χ1) is 43.0. The third-order valence-corrected chi connectivity index (χ3v) is 16.6. The van der Waals surface area contributed by atoms with Crippen LogP contribution in [0.3, 0.4) is 0 Å². The van der Waals surface area contributed by atoms with Crippen LogP contribution in [0.2, 0.25) is 0 Å². The summed E-state index contributed by atoms with van der Waals surface area (Å²) in [5, 5.41) is 11.0. The highest BCUT2D eigenvalue weighted by Gasteiger charge is 2.10. The zero-order valence-electron chi connectivity index (χ0n) is 51.3. The minimum absolute atomic E-state index is 0.210. The molecule has 0 saturated heterocycles. The Hall–Kier alpha value is -8.94. The summed E-state index contributed by atoms with van der Waals surface area (Å²) < 4.78 is 82.0. The van der Waals surface area contributed by atoms with Crippen molar-refractivity contribution >= 4 is 178 Å². The summed E-state index contributed by atoms with van der Waals surface area (Å²) in [6, 6.07) is 60.1. The first-order valence-electron chi connectivity index (χ1n) is 29.9. The van der Waals surface area contributed by atoms with Gasteiger partial charge in [-0.3, -0.25) is 29.3 Å². The van der Waals surface area contributed by atoms with Gasteiger partial charge in [0.1, 0.15) is 0 Å². The van der Waals surface area contributed by atoms with Gasteiger partial charge in [-0.25, -0.2) is 0 Å². The van der Waals surface area contributed by atoms with E-state index in [2.05, 4.69) is 117 Å². The molecule has 0 N–H and O–H groups in total. The third-order valence-electron chi connectivity index (χ3n) is 14.6. The van der Waals surface area contributed by atoms with Crippen molar-refractivity contribution in [3.05, 3.63) is 263 Å². The lowest BCUT2D eigenvalue weighted by Crippen LogP contribution is -2.19. The molecule has 0 radical (unpaired) electrons. The van der Waals surface area contributed by atoms with E-state index in [1.165, 1.54) is 36.8 Å². The highest BCUT2D eigenvalue weighted by atomic mass is 79.9. The standard InChI is InChI=1S/C69H45Br3N6O3/c1-76-49-19-25-64(73-37-49)40-16-22-58(61(70)34-40)55-13-7-4-10-52(55)43-28-44-30-45(29-43)54-12-6-9-15-57(54)60-24-18-42(36-63(60)72)66-27-21-51(39-75-66)78(3)69(81)48-32-46(67(76)79)31-47(33-48)68(80)77(2)50-20-26-65(74-38-50)41-17-23-59(62(71)35-41)56-14-8-5-11-53(44)56/h4-39H,1-3H3/i1D3,2D3,3D3. The molecule has 18 bridgehead atoms. The quantitative estimate of drug-likeness (QED) is 0.150. The molecule has 390 valence electrons. The van der Waals surface area contributed by atoms with Crippen molar-refractivity contribution in [1.29, 1.82) is 0 Å². The number of halogens is 3. The van der Waals surface area contributed by atoms with Gasteiger partial charge in [-0.05, 0) is 156 Å². The lowest BCUT2D eigenvalue weighted by atomic mass is 9.98. The lowest BCUT2D eigenvalue weighted by Gasteiger charge is -2.08. The van der Waals surface area contributed by atoms with E-state index in [9.17, 15) is 0 Å². The number of benzene rings is 8. The van der Waals surface area contributed by atoms with E-state index in [4.69, 9.17) is 12.3 Å². The molecule has 0 fully saturated rings. The van der Waals surface area contributed by atoms with Crippen LogP contribution < -0.4 is 16.7 Å². The number of hydrogen-bond acceptors (Lipinski definition) is 6. The van der Waals surface area contributed by atoms with Crippen LogP contribution in [0.4, 0.5) is 0 Å². The molecule has 12 heteroatoms. The monoisotopic (exact) mass is 1250 g/mol. The summed E-state index contributed by atoms with van der Waals surface area (Å²) in [5.74, 6) is 0. The maximum absolute atomic E-state index is 15.2. The largest absolute Gasteiger partial charge is 0.310 e. The number of hydrogen-bond donors (Lipinski definition) is 0. The van der Waals surface area contributed by atoms with Gasteiger partial charge in [-0.15, -0.1) is 0 Å². The molecule has 8 aromatic carbocycles. The van der Waals surface area contributed by atoms with Crippen LogP contribution >= 0.6 is 47.8 Å². The normalized spacial score (nSPS) is 13.6. The van der Waals surface area contributed by atoms with Gasteiger partial charge in [0.15, 0.2) is 0 Å². The van der Waals surface area contributed by atoms with Crippen molar-refractivity contribution in [1.82, 2.24) is 28.7 Å². The average Bonchev–Trinajstić information content (AvgIpc) is 0.916. The molecule has 0 amide bonds. The Labute approximate surface area is 500 Å². The number of nitrogens with zero attached hydrogens (tertiary/aromatic N) is 6. The summed E-state index contributed by atoms with van der Waals surface area (Å²) in [7, 11) is 0. The van der Waals surface area contributed by atoms with Gasteiger partial charge in [0.2, 0.25) is 0 Å². The summed E-state index contributed by atoms with van der Waals surface area (Å²) in [5.41, 5.74) is -3.20. The second kappa shape index (κ2) is 20.9. The number of aromatic nitrogens is 6. The van der Waals surface area contributed by atoms with Crippen molar-refractivity contribution in [2.45, 2.75) is 0 Å². The molecule has 0 saturated carbocycles. The number of aryl methyl sites for hydroxylation is 3. The lowest BCUT2D eigenvalue weighted by molar-refractivity contribution is 0.908. The predicted octanol–water partition coefficient (Wildman–Crippen LogP) is 17.2. The maximum Gasteiger partial charge on any atom is 0.258 e. The molecule has 9 nitrogen and oxygen atoms in total. The van der Waals surface area contributed by atoms with E-state index in [0.717, 1.165) is 96.3 Å². The van der Waals surface area contributed by atoms with Crippen LogP contribution in [0.15, 0.2) is 247 Å². The summed E-state index contributed by atoms with van der Waals surface area (Å²) in [6.45, 7) is -9.72. The van der Waals surface area contributed by atoms with Gasteiger partial charge < -0.3 is 13.7 Å². The van der Waals surface area contributed by atoms with Crippen LogP contribution in [-0.4, -0.2) is 28.7 Å². The molecule has 24 heterocycles. The van der Waals surface area contributed by atoms with E-state index in [1.54, 1.807) is 18.2 Å². The molecule has 0 atom stereocenters. The molecule has 0 aliphatic carbocycles. The second-order valence-electron chi connectivity index (χ2n) is 19.4. The summed E-state index contributed by atoms with van der Waals surface area (Å²) >= 11 is 11.7. The van der Waals surface area contributed by atoms with E-state index in [0.29, 0.717) is 46.4 Å². The fourth-order valence-electron chi connectivity index (χ4n) is 10.5. The number of pyridine rings is 3. The maximum atomic E-state index is 15.2. The van der Waals surface area contributed by atoms with Crippen LogP contribution in [0.25, 0.3) is 130 Å². The van der Waals surface area contributed by atoms with Crippen molar-refractivity contribution in [2.75, 3.05) is 0 Å². The Morgan fingerprint density at radius 2 is 0.568 bits per heavy atom. The fourth-order valence-corrected chi connectivity index (χ4v) is 12.3. The zero-order valence-corrected chi connectivity index (χ0v) is 47.1. The van der Waals surface area contributed by atoms with E-state index in [-0.39, 0.29) is 16.6 Å². The molecule has 32 aromatic rings. The van der Waals surface area contributed by atoms with Gasteiger partial charge in [-0.2, -0.15) is 0 Å². The smallest absolute Gasteiger partial charge is 0.258 e. The molecule has 81 heavy (non-hydrogen) atoms. The topological polar surface area (TPSA) is 105 Å². The first-order valence-corrected chi connectivity index (χ1v) is 27.8. The van der Waals surface area contributed by atoms with Crippen molar-refractivity contribution < 1.29 is 12.3 Å². The minimum atomic E-state index is -3.24. The fraction of sp³-hybridized carbons (Fsp3) is 0.0435. The molecule has 24 aromatic heterocycles. The predicted molar refractivity (Wildman–Crippen MR) is 348 cm³/mol. The zero-order chi connectivity index (χ0) is 63.1. The van der Waals surface area contributed by atoms with Crippen LogP contribution in [0.5, 0.6) is 0 Å². The molecule has 0 aliphatic rings. The SMILES string of the molecule is [2H]C([2H])([2H])n1c(=O)c2cc3cc(c2)c(=O)n(C([2H])([2H])[2H])c2ccc(nc2)c2ccc(c(Br)c2)c2ccccc2c2cc(cc(c2)c2ccccc2c2ccc(cc2Br)c2ccc(cn2)n(C([2H])([2H])[2H])c3=O)c2ccccc2c2ccc(cc2Br)c2ccc1cn2. The first kappa shape index (κ1) is 42.0.